The van der Waals surface area contributed by atoms with E-state index in [1.807, 2.05) is 0 Å². The second kappa shape index (κ2) is 4.29. The Kier molecular flexibility index (Phi) is 3.00. The third-order valence-corrected chi connectivity index (χ3v) is 3.53. The van der Waals surface area contributed by atoms with Gasteiger partial charge in [-0.2, -0.15) is 0 Å². The second-order valence-electron chi connectivity index (χ2n) is 4.57. The van der Waals surface area contributed by atoms with Crippen molar-refractivity contribution >= 4 is 10.8 Å². The van der Waals surface area contributed by atoms with E-state index in [2.05, 4.69) is 52.0 Å². The monoisotopic (exact) mass is 212 g/mol. The van der Waals surface area contributed by atoms with Gasteiger partial charge in [0.2, 0.25) is 0 Å². The molecule has 0 aliphatic heterocycles. The van der Waals surface area contributed by atoms with Crippen molar-refractivity contribution in [3.05, 3.63) is 46.5 Å². The summed E-state index contributed by atoms with van der Waals surface area (Å²) in [7, 11) is 0. The molecule has 0 unspecified atom stereocenters. The highest BCUT2D eigenvalue weighted by molar-refractivity contribution is 5.89. The lowest BCUT2D eigenvalue weighted by Crippen LogP contribution is -1.93. The molecule has 0 heterocycles. The molecule has 0 spiro atoms. The van der Waals surface area contributed by atoms with Gasteiger partial charge in [-0.3, -0.25) is 0 Å². The number of rotatable bonds is 2. The van der Waals surface area contributed by atoms with Crippen molar-refractivity contribution in [2.45, 2.75) is 40.5 Å². The van der Waals surface area contributed by atoms with Crippen LogP contribution in [0.1, 0.15) is 36.1 Å². The first kappa shape index (κ1) is 11.2. The second-order valence-corrected chi connectivity index (χ2v) is 4.57. The van der Waals surface area contributed by atoms with Crippen molar-refractivity contribution in [1.82, 2.24) is 0 Å². The molecule has 84 valence electrons. The van der Waals surface area contributed by atoms with Gasteiger partial charge in [-0.05, 0) is 59.7 Å². The lowest BCUT2D eigenvalue weighted by atomic mass is 9.93. The van der Waals surface area contributed by atoms with E-state index in [0.717, 1.165) is 12.8 Å². The molecular formula is C16H20. The molecule has 0 fully saturated rings. The normalized spacial score (nSPS) is 11.0. The predicted octanol–water partition coefficient (Wildman–Crippen LogP) is 4.58. The van der Waals surface area contributed by atoms with Gasteiger partial charge >= 0.3 is 0 Å². The van der Waals surface area contributed by atoms with E-state index in [4.69, 9.17) is 0 Å². The molecule has 0 saturated carbocycles. The van der Waals surface area contributed by atoms with E-state index < -0.39 is 0 Å². The first-order valence-electron chi connectivity index (χ1n) is 6.19. The summed E-state index contributed by atoms with van der Waals surface area (Å²) in [6.07, 6.45) is 2.26. The molecule has 0 aliphatic rings. The van der Waals surface area contributed by atoms with Crippen LogP contribution in [-0.4, -0.2) is 0 Å². The largest absolute Gasteiger partial charge is 0.0613 e. The minimum Gasteiger partial charge on any atom is -0.0613 e. The summed E-state index contributed by atoms with van der Waals surface area (Å²) >= 11 is 0. The lowest BCUT2D eigenvalue weighted by Gasteiger charge is -2.12. The maximum absolute atomic E-state index is 2.39. The number of benzene rings is 2. The molecule has 2 aromatic rings. The van der Waals surface area contributed by atoms with Crippen LogP contribution in [0.25, 0.3) is 10.8 Å². The number of aryl methyl sites for hydroxylation is 4. The summed E-state index contributed by atoms with van der Waals surface area (Å²) in [6, 6.07) is 9.22. The average molecular weight is 212 g/mol. The fourth-order valence-electron chi connectivity index (χ4n) is 2.43. The minimum atomic E-state index is 1.13. The molecule has 2 rings (SSSR count). The molecule has 0 saturated heterocycles. The van der Waals surface area contributed by atoms with Crippen LogP contribution in [0.5, 0.6) is 0 Å². The molecule has 0 N–H and O–H groups in total. The SMILES string of the molecule is CCc1cc2c(C)ccc(C)c2cc1CC. The topological polar surface area (TPSA) is 0 Å². The predicted molar refractivity (Wildman–Crippen MR) is 72.2 cm³/mol. The van der Waals surface area contributed by atoms with Gasteiger partial charge in [-0.25, -0.2) is 0 Å². The van der Waals surface area contributed by atoms with E-state index in [1.54, 1.807) is 0 Å². The van der Waals surface area contributed by atoms with E-state index >= 15 is 0 Å². The maximum Gasteiger partial charge on any atom is -0.0149 e. The van der Waals surface area contributed by atoms with Crippen molar-refractivity contribution in [3.63, 3.8) is 0 Å². The molecule has 0 nitrogen and oxygen atoms in total. The summed E-state index contributed by atoms with van der Waals surface area (Å²) in [5.41, 5.74) is 5.78. The lowest BCUT2D eigenvalue weighted by molar-refractivity contribution is 1.04. The van der Waals surface area contributed by atoms with E-state index in [1.165, 1.54) is 33.0 Å². The maximum atomic E-state index is 2.39. The van der Waals surface area contributed by atoms with Crippen LogP contribution in [0, 0.1) is 13.8 Å². The summed E-state index contributed by atoms with van der Waals surface area (Å²) in [5, 5.41) is 2.85. The van der Waals surface area contributed by atoms with Gasteiger partial charge in [0.05, 0.1) is 0 Å². The number of hydrogen-bond acceptors (Lipinski definition) is 0. The molecule has 0 atom stereocenters. The molecule has 0 aromatic heterocycles. The zero-order valence-corrected chi connectivity index (χ0v) is 10.7. The van der Waals surface area contributed by atoms with Crippen LogP contribution in [-0.2, 0) is 12.8 Å². The van der Waals surface area contributed by atoms with Crippen molar-refractivity contribution in [3.8, 4) is 0 Å². The molecule has 0 bridgehead atoms. The fourth-order valence-corrected chi connectivity index (χ4v) is 2.43. The van der Waals surface area contributed by atoms with Crippen LogP contribution in [0.4, 0.5) is 0 Å². The zero-order valence-electron chi connectivity index (χ0n) is 10.7. The quantitative estimate of drug-likeness (QED) is 0.683. The smallest absolute Gasteiger partial charge is 0.0149 e. The van der Waals surface area contributed by atoms with Gasteiger partial charge < -0.3 is 0 Å². The molecule has 2 aromatic carbocycles. The standard InChI is InChI=1S/C16H20/c1-5-13-9-15-11(3)7-8-12(4)16(15)10-14(13)6-2/h7-10H,5-6H2,1-4H3. The summed E-state index contributed by atoms with van der Waals surface area (Å²) < 4.78 is 0. The molecule has 0 heteroatoms. The highest BCUT2D eigenvalue weighted by atomic mass is 14.1. The third-order valence-electron chi connectivity index (χ3n) is 3.53. The Morgan fingerprint density at radius 2 is 1.12 bits per heavy atom. The molecule has 0 aliphatic carbocycles. The Bertz CT molecular complexity index is 473. The van der Waals surface area contributed by atoms with Crippen LogP contribution in [0.15, 0.2) is 24.3 Å². The Morgan fingerprint density at radius 3 is 1.44 bits per heavy atom. The number of hydrogen-bond donors (Lipinski definition) is 0. The van der Waals surface area contributed by atoms with Gasteiger partial charge in [0.15, 0.2) is 0 Å². The van der Waals surface area contributed by atoms with E-state index in [0.29, 0.717) is 0 Å². The van der Waals surface area contributed by atoms with Crippen molar-refractivity contribution in [1.29, 1.82) is 0 Å². The summed E-state index contributed by atoms with van der Waals surface area (Å²) in [5.74, 6) is 0. The Balaban J connectivity index is 2.82. The van der Waals surface area contributed by atoms with Gasteiger partial charge in [-0.15, -0.1) is 0 Å². The third kappa shape index (κ3) is 1.73. The van der Waals surface area contributed by atoms with E-state index in [9.17, 15) is 0 Å². The van der Waals surface area contributed by atoms with Gasteiger partial charge in [-0.1, -0.05) is 38.1 Å². The van der Waals surface area contributed by atoms with Crippen LogP contribution in [0.2, 0.25) is 0 Å². The molecule has 0 amide bonds. The average Bonchev–Trinajstić information content (AvgIpc) is 2.32. The first-order chi connectivity index (χ1) is 7.67. The summed E-state index contributed by atoms with van der Waals surface area (Å²) in [4.78, 5) is 0. The van der Waals surface area contributed by atoms with Crippen molar-refractivity contribution in [2.75, 3.05) is 0 Å². The van der Waals surface area contributed by atoms with Crippen molar-refractivity contribution < 1.29 is 0 Å². The fraction of sp³-hybridized carbons (Fsp3) is 0.375. The van der Waals surface area contributed by atoms with Gasteiger partial charge in [0.1, 0.15) is 0 Å². The highest BCUT2D eigenvalue weighted by Crippen LogP contribution is 2.26. The van der Waals surface area contributed by atoms with Gasteiger partial charge in [0, 0.05) is 0 Å². The van der Waals surface area contributed by atoms with Crippen LogP contribution >= 0.6 is 0 Å². The molecule has 0 radical (unpaired) electrons. The van der Waals surface area contributed by atoms with E-state index in [-0.39, 0.29) is 0 Å². The molecular weight excluding hydrogens is 192 g/mol. The molecule has 16 heavy (non-hydrogen) atoms. The Labute approximate surface area is 98.3 Å². The summed E-state index contributed by atoms with van der Waals surface area (Å²) in [6.45, 7) is 8.89. The zero-order chi connectivity index (χ0) is 11.7. The minimum absolute atomic E-state index is 1.13. The highest BCUT2D eigenvalue weighted by Gasteiger charge is 2.05. The first-order valence-corrected chi connectivity index (χ1v) is 6.19. The van der Waals surface area contributed by atoms with Crippen LogP contribution in [0.3, 0.4) is 0 Å². The van der Waals surface area contributed by atoms with Gasteiger partial charge in [0.25, 0.3) is 0 Å². The van der Waals surface area contributed by atoms with Crippen LogP contribution < -0.4 is 0 Å². The Morgan fingerprint density at radius 1 is 0.750 bits per heavy atom. The Hall–Kier alpha value is -1.30. The number of fused-ring (bicyclic) bond motifs is 1. The van der Waals surface area contributed by atoms with Crippen molar-refractivity contribution in [2.24, 2.45) is 0 Å².